The molecule has 0 amide bonds. The molecule has 0 spiro atoms. The third-order valence-electron chi connectivity index (χ3n) is 4.56. The van der Waals surface area contributed by atoms with E-state index in [2.05, 4.69) is 31.2 Å². The third kappa shape index (κ3) is 22.9. The molecule has 0 heterocycles. The largest absolute Gasteiger partial charge is 0.481 e. The van der Waals surface area contributed by atoms with Crippen LogP contribution >= 0.6 is 0 Å². The number of hydrogen-bond acceptors (Lipinski definition) is 1. The number of carboxylic acids is 1. The number of carbonyl (C=O) groups is 1. The van der Waals surface area contributed by atoms with Crippen LogP contribution in [0.25, 0.3) is 0 Å². The van der Waals surface area contributed by atoms with E-state index in [1.165, 1.54) is 77.0 Å². The minimum atomic E-state index is -0.671. The molecule has 2 heteroatoms. The summed E-state index contributed by atoms with van der Waals surface area (Å²) in [5.41, 5.74) is 0. The molecule has 0 fully saturated rings. The zero-order valence-electron chi connectivity index (χ0n) is 16.7. The van der Waals surface area contributed by atoms with Crippen LogP contribution in [0.2, 0.25) is 0 Å². The Morgan fingerprint density at radius 1 is 0.600 bits per heavy atom. The Morgan fingerprint density at radius 3 is 1.36 bits per heavy atom. The molecule has 1 N–H and O–H groups in total. The molecule has 25 heavy (non-hydrogen) atoms. The van der Waals surface area contributed by atoms with Crippen molar-refractivity contribution in [3.63, 3.8) is 0 Å². The van der Waals surface area contributed by atoms with Gasteiger partial charge in [-0.25, -0.2) is 0 Å². The number of carboxylic acid groups (broad SMARTS) is 1. The first-order chi connectivity index (χ1) is 12.3. The summed E-state index contributed by atoms with van der Waals surface area (Å²) in [6.45, 7) is 2.25. The fraction of sp³-hybridized carbons (Fsp3) is 0.783. The lowest BCUT2D eigenvalue weighted by Crippen LogP contribution is -1.93. The van der Waals surface area contributed by atoms with E-state index in [-0.39, 0.29) is 0 Å². The Labute approximate surface area is 156 Å². The minimum absolute atomic E-state index is 0.319. The van der Waals surface area contributed by atoms with Gasteiger partial charge in [-0.15, -0.1) is 0 Å². The molecule has 0 saturated heterocycles. The number of allylic oxidation sites excluding steroid dienone is 4. The Bertz CT molecular complexity index is 331. The normalized spacial score (nSPS) is 11.7. The molecular formula is C23H42O2. The zero-order chi connectivity index (χ0) is 18.4. The van der Waals surface area contributed by atoms with Crippen molar-refractivity contribution in [3.05, 3.63) is 24.3 Å². The van der Waals surface area contributed by atoms with Crippen molar-refractivity contribution < 1.29 is 9.90 Å². The van der Waals surface area contributed by atoms with Crippen LogP contribution in [-0.2, 0) is 4.79 Å². The second-order valence-corrected chi connectivity index (χ2v) is 7.13. The van der Waals surface area contributed by atoms with Crippen molar-refractivity contribution in [2.75, 3.05) is 0 Å². The first-order valence-corrected chi connectivity index (χ1v) is 10.8. The molecule has 146 valence electrons. The number of unbranched alkanes of at least 4 members (excludes halogenated alkanes) is 13. The van der Waals surface area contributed by atoms with E-state index in [4.69, 9.17) is 5.11 Å². The van der Waals surface area contributed by atoms with Gasteiger partial charge < -0.3 is 5.11 Å². The lowest BCUT2D eigenvalue weighted by Gasteiger charge is -2.00. The maximum absolute atomic E-state index is 10.4. The SMILES string of the molecule is CCCCC=CCCCCCCCCCC=CCCCCCC(=O)O. The van der Waals surface area contributed by atoms with E-state index < -0.39 is 5.97 Å². The molecular weight excluding hydrogens is 308 g/mol. The van der Waals surface area contributed by atoms with Gasteiger partial charge in [0.1, 0.15) is 0 Å². The fourth-order valence-electron chi connectivity index (χ4n) is 2.92. The lowest BCUT2D eigenvalue weighted by molar-refractivity contribution is -0.137. The smallest absolute Gasteiger partial charge is 0.303 e. The molecule has 0 aromatic heterocycles. The average Bonchev–Trinajstić information content (AvgIpc) is 2.60. The molecule has 2 nitrogen and oxygen atoms in total. The van der Waals surface area contributed by atoms with E-state index in [0.717, 1.165) is 25.7 Å². The number of aliphatic carboxylic acids is 1. The summed E-state index contributed by atoms with van der Waals surface area (Å²) in [6.07, 6.45) is 29.7. The molecule has 0 aromatic carbocycles. The lowest BCUT2D eigenvalue weighted by atomic mass is 10.1. The van der Waals surface area contributed by atoms with Crippen molar-refractivity contribution in [2.45, 2.75) is 116 Å². The highest BCUT2D eigenvalue weighted by Gasteiger charge is 1.95. The van der Waals surface area contributed by atoms with Crippen LogP contribution in [-0.4, -0.2) is 11.1 Å². The molecule has 0 rings (SSSR count). The number of hydrogen-bond donors (Lipinski definition) is 1. The van der Waals surface area contributed by atoms with Gasteiger partial charge in [0, 0.05) is 6.42 Å². The second-order valence-electron chi connectivity index (χ2n) is 7.13. The Hall–Kier alpha value is -1.05. The van der Waals surface area contributed by atoms with E-state index >= 15 is 0 Å². The Balaban J connectivity index is 3.12. The van der Waals surface area contributed by atoms with Gasteiger partial charge in [-0.05, 0) is 51.4 Å². The maximum atomic E-state index is 10.4. The molecule has 0 unspecified atom stereocenters. The van der Waals surface area contributed by atoms with Crippen LogP contribution in [0, 0.1) is 0 Å². The van der Waals surface area contributed by atoms with Crippen molar-refractivity contribution in [3.8, 4) is 0 Å². The van der Waals surface area contributed by atoms with Gasteiger partial charge in [0.2, 0.25) is 0 Å². The highest BCUT2D eigenvalue weighted by atomic mass is 16.4. The maximum Gasteiger partial charge on any atom is 0.303 e. The first-order valence-electron chi connectivity index (χ1n) is 10.8. The molecule has 0 aliphatic carbocycles. The van der Waals surface area contributed by atoms with Crippen molar-refractivity contribution >= 4 is 5.97 Å². The van der Waals surface area contributed by atoms with Gasteiger partial charge in [0.05, 0.1) is 0 Å². The van der Waals surface area contributed by atoms with Gasteiger partial charge in [-0.2, -0.15) is 0 Å². The molecule has 0 atom stereocenters. The van der Waals surface area contributed by atoms with Gasteiger partial charge in [-0.3, -0.25) is 4.79 Å². The standard InChI is InChI=1S/C23H42O2/c1-2-3-4-5-6-7-8-9-10-11-12-13-14-15-16-17-18-19-20-21-22-23(24)25/h5-6,16-17H,2-4,7-15,18-22H2,1H3,(H,24,25). The van der Waals surface area contributed by atoms with Crippen LogP contribution in [0.1, 0.15) is 116 Å². The molecule has 0 bridgehead atoms. The van der Waals surface area contributed by atoms with Crippen LogP contribution in [0.3, 0.4) is 0 Å². The van der Waals surface area contributed by atoms with Gasteiger partial charge in [0.15, 0.2) is 0 Å². The summed E-state index contributed by atoms with van der Waals surface area (Å²) >= 11 is 0. The monoisotopic (exact) mass is 350 g/mol. The topological polar surface area (TPSA) is 37.3 Å². The van der Waals surface area contributed by atoms with E-state index in [1.54, 1.807) is 0 Å². The van der Waals surface area contributed by atoms with Crippen LogP contribution in [0.4, 0.5) is 0 Å². The highest BCUT2D eigenvalue weighted by molar-refractivity contribution is 5.66. The van der Waals surface area contributed by atoms with E-state index in [1.807, 2.05) is 0 Å². The fourth-order valence-corrected chi connectivity index (χ4v) is 2.92. The van der Waals surface area contributed by atoms with Gasteiger partial charge in [0.25, 0.3) is 0 Å². The third-order valence-corrected chi connectivity index (χ3v) is 4.56. The predicted octanol–water partition coefficient (Wildman–Crippen LogP) is 7.84. The summed E-state index contributed by atoms with van der Waals surface area (Å²) in [6, 6.07) is 0. The number of rotatable bonds is 19. The van der Waals surface area contributed by atoms with Crippen LogP contribution < -0.4 is 0 Å². The average molecular weight is 351 g/mol. The van der Waals surface area contributed by atoms with Crippen molar-refractivity contribution in [1.29, 1.82) is 0 Å². The van der Waals surface area contributed by atoms with Gasteiger partial charge >= 0.3 is 5.97 Å². The molecule has 0 radical (unpaired) electrons. The van der Waals surface area contributed by atoms with Gasteiger partial charge in [-0.1, -0.05) is 82.6 Å². The molecule has 0 aromatic rings. The first kappa shape index (κ1) is 23.9. The summed E-state index contributed by atoms with van der Waals surface area (Å²) < 4.78 is 0. The highest BCUT2D eigenvalue weighted by Crippen LogP contribution is 2.11. The Morgan fingerprint density at radius 2 is 0.960 bits per heavy atom. The van der Waals surface area contributed by atoms with Crippen LogP contribution in [0.5, 0.6) is 0 Å². The molecule has 0 aliphatic rings. The van der Waals surface area contributed by atoms with E-state index in [0.29, 0.717) is 6.42 Å². The van der Waals surface area contributed by atoms with Crippen molar-refractivity contribution in [1.82, 2.24) is 0 Å². The summed E-state index contributed by atoms with van der Waals surface area (Å²) in [5, 5.41) is 8.55. The van der Waals surface area contributed by atoms with E-state index in [9.17, 15) is 4.79 Å². The summed E-state index contributed by atoms with van der Waals surface area (Å²) in [4.78, 5) is 10.4. The molecule has 0 saturated carbocycles. The second kappa shape index (κ2) is 21.0. The zero-order valence-corrected chi connectivity index (χ0v) is 16.7. The van der Waals surface area contributed by atoms with Crippen LogP contribution in [0.15, 0.2) is 24.3 Å². The summed E-state index contributed by atoms with van der Waals surface area (Å²) in [5.74, 6) is -0.671. The molecule has 0 aliphatic heterocycles. The summed E-state index contributed by atoms with van der Waals surface area (Å²) in [7, 11) is 0. The predicted molar refractivity (Wildman–Crippen MR) is 110 cm³/mol. The minimum Gasteiger partial charge on any atom is -0.481 e. The van der Waals surface area contributed by atoms with Crippen molar-refractivity contribution in [2.24, 2.45) is 0 Å². The Kier molecular flexibility index (Phi) is 20.1. The quantitative estimate of drug-likeness (QED) is 0.190.